The lowest BCUT2D eigenvalue weighted by molar-refractivity contribution is -0.152. The molecule has 0 unspecified atom stereocenters. The van der Waals surface area contributed by atoms with Crippen molar-refractivity contribution >= 4 is 34.9 Å². The number of carbonyl (C=O) groups is 3. The predicted octanol–water partition coefficient (Wildman–Crippen LogP) is 5.10. The predicted molar refractivity (Wildman–Crippen MR) is 134 cm³/mol. The molecule has 0 spiro atoms. The van der Waals surface area contributed by atoms with Crippen LogP contribution >= 0.6 is 11.3 Å². The number of aromatic carboxylic acids is 1. The van der Waals surface area contributed by atoms with E-state index in [2.05, 4.69) is 27.7 Å². The third-order valence-corrected chi connectivity index (χ3v) is 8.71. The van der Waals surface area contributed by atoms with Crippen LogP contribution in [0.15, 0.2) is 6.07 Å². The standard InChI is InChI=1S/C26H40N2O5S/c1-15-6-8-17(9-7-15)23(29)28(18-10-12-19(13-11-18)33-25(32)16(2)27)20-14-21(26(3,4)5)34-22(20)24(30)31/h14-19H,6-13,27H2,1-5H3,(H,30,31)/t15?,16-,17?,18?,19?/m0/s1. The summed E-state index contributed by atoms with van der Waals surface area (Å²) >= 11 is 1.27. The van der Waals surface area contributed by atoms with E-state index in [1.54, 1.807) is 11.8 Å². The van der Waals surface area contributed by atoms with E-state index >= 15 is 0 Å². The molecule has 7 nitrogen and oxygen atoms in total. The van der Waals surface area contributed by atoms with Crippen molar-refractivity contribution in [2.75, 3.05) is 4.90 Å². The van der Waals surface area contributed by atoms with Crippen LogP contribution in [0, 0.1) is 11.8 Å². The SMILES string of the molecule is CC1CCC(C(=O)N(c2cc(C(C)(C)C)sc2C(=O)O)C2CCC(OC(=O)[C@H](C)N)CC2)CC1. The van der Waals surface area contributed by atoms with Gasteiger partial charge >= 0.3 is 11.9 Å². The molecule has 0 saturated heterocycles. The first-order valence-electron chi connectivity index (χ1n) is 12.5. The Morgan fingerprint density at radius 1 is 1.09 bits per heavy atom. The summed E-state index contributed by atoms with van der Waals surface area (Å²) in [5.74, 6) is -0.817. The van der Waals surface area contributed by atoms with E-state index in [-0.39, 0.29) is 34.3 Å². The molecule has 1 heterocycles. The molecule has 190 valence electrons. The van der Waals surface area contributed by atoms with Crippen molar-refractivity contribution in [3.63, 3.8) is 0 Å². The second kappa shape index (κ2) is 10.8. The summed E-state index contributed by atoms with van der Waals surface area (Å²) in [7, 11) is 0. The molecule has 8 heteroatoms. The fourth-order valence-electron chi connectivity index (χ4n) is 4.98. The quantitative estimate of drug-likeness (QED) is 0.534. The second-order valence-electron chi connectivity index (χ2n) is 11.2. The Bertz CT molecular complexity index is 887. The molecule has 3 rings (SSSR count). The molecule has 2 aliphatic carbocycles. The molecule has 3 N–H and O–H groups in total. The van der Waals surface area contributed by atoms with E-state index in [0.717, 1.165) is 30.6 Å². The highest BCUT2D eigenvalue weighted by atomic mass is 32.1. The molecular formula is C26H40N2O5S. The van der Waals surface area contributed by atoms with Gasteiger partial charge in [-0.2, -0.15) is 0 Å². The van der Waals surface area contributed by atoms with Crippen molar-refractivity contribution in [3.8, 4) is 0 Å². The topological polar surface area (TPSA) is 110 Å². The van der Waals surface area contributed by atoms with Gasteiger partial charge in [-0.05, 0) is 75.7 Å². The average molecular weight is 493 g/mol. The van der Waals surface area contributed by atoms with E-state index in [9.17, 15) is 19.5 Å². The van der Waals surface area contributed by atoms with E-state index in [0.29, 0.717) is 37.3 Å². The Kier molecular flexibility index (Phi) is 8.45. The van der Waals surface area contributed by atoms with E-state index in [1.165, 1.54) is 11.3 Å². The molecule has 2 aliphatic rings. The molecule has 0 aromatic carbocycles. The molecule has 1 aromatic heterocycles. The van der Waals surface area contributed by atoms with Gasteiger partial charge in [0.15, 0.2) is 0 Å². The summed E-state index contributed by atoms with van der Waals surface area (Å²) < 4.78 is 5.53. The Morgan fingerprint density at radius 2 is 1.68 bits per heavy atom. The molecule has 1 atom stereocenters. The number of hydrogen-bond donors (Lipinski definition) is 2. The number of carboxylic acid groups (broad SMARTS) is 1. The largest absolute Gasteiger partial charge is 0.477 e. The van der Waals surface area contributed by atoms with Crippen LogP contribution < -0.4 is 10.6 Å². The summed E-state index contributed by atoms with van der Waals surface area (Å²) in [6.45, 7) is 10.00. The minimum Gasteiger partial charge on any atom is -0.477 e. The van der Waals surface area contributed by atoms with Crippen LogP contribution in [0.25, 0.3) is 0 Å². The van der Waals surface area contributed by atoms with E-state index in [1.807, 2.05) is 6.07 Å². The van der Waals surface area contributed by atoms with Crippen LogP contribution in [0.3, 0.4) is 0 Å². The lowest BCUT2D eigenvalue weighted by atomic mass is 9.81. The molecule has 1 aromatic rings. The van der Waals surface area contributed by atoms with Crippen molar-refractivity contribution in [3.05, 3.63) is 15.8 Å². The van der Waals surface area contributed by atoms with Crippen molar-refractivity contribution in [1.82, 2.24) is 0 Å². The minimum absolute atomic E-state index is 0.0451. The van der Waals surface area contributed by atoms with Gasteiger partial charge in [0, 0.05) is 16.8 Å². The minimum atomic E-state index is -0.995. The first kappa shape index (κ1) is 26.7. The van der Waals surface area contributed by atoms with Crippen molar-refractivity contribution in [2.45, 2.75) is 110 Å². The van der Waals surface area contributed by atoms with Gasteiger partial charge in [0.2, 0.25) is 5.91 Å². The molecule has 0 aliphatic heterocycles. The van der Waals surface area contributed by atoms with Crippen LogP contribution in [-0.2, 0) is 19.7 Å². The Morgan fingerprint density at radius 3 is 2.18 bits per heavy atom. The van der Waals surface area contributed by atoms with Crippen LogP contribution in [0.4, 0.5) is 5.69 Å². The maximum Gasteiger partial charge on any atom is 0.348 e. The number of thiophene rings is 1. The number of ether oxygens (including phenoxy) is 1. The smallest absolute Gasteiger partial charge is 0.348 e. The van der Waals surface area contributed by atoms with Crippen molar-refractivity contribution in [2.24, 2.45) is 17.6 Å². The molecule has 0 radical (unpaired) electrons. The molecule has 2 fully saturated rings. The number of nitrogens with two attached hydrogens (primary N) is 1. The normalized spacial score (nSPS) is 26.5. The number of carbonyl (C=O) groups excluding carboxylic acids is 2. The van der Waals surface area contributed by atoms with Gasteiger partial charge in [-0.3, -0.25) is 9.59 Å². The van der Waals surface area contributed by atoms with Crippen LogP contribution in [0.2, 0.25) is 0 Å². The van der Waals surface area contributed by atoms with Crippen LogP contribution in [0.1, 0.15) is 101 Å². The number of carboxylic acids is 1. The fraction of sp³-hybridized carbons (Fsp3) is 0.731. The summed E-state index contributed by atoms with van der Waals surface area (Å²) in [6.07, 6.45) is 6.10. The van der Waals surface area contributed by atoms with Crippen molar-refractivity contribution in [1.29, 1.82) is 0 Å². The highest BCUT2D eigenvalue weighted by Crippen LogP contribution is 2.42. The number of rotatable bonds is 6. The maximum absolute atomic E-state index is 13.9. The Balaban J connectivity index is 1.90. The monoisotopic (exact) mass is 492 g/mol. The maximum atomic E-state index is 13.9. The van der Waals surface area contributed by atoms with Gasteiger partial charge in [-0.25, -0.2) is 4.79 Å². The number of nitrogens with zero attached hydrogens (tertiary/aromatic N) is 1. The van der Waals surface area contributed by atoms with Gasteiger partial charge in [0.25, 0.3) is 0 Å². The summed E-state index contributed by atoms with van der Waals surface area (Å²) in [4.78, 5) is 41.1. The summed E-state index contributed by atoms with van der Waals surface area (Å²) in [5, 5.41) is 10.0. The lowest BCUT2D eigenvalue weighted by Crippen LogP contribution is -2.47. The zero-order valence-electron chi connectivity index (χ0n) is 21.1. The molecule has 34 heavy (non-hydrogen) atoms. The second-order valence-corrected chi connectivity index (χ2v) is 12.3. The molecular weight excluding hydrogens is 452 g/mol. The molecule has 0 bridgehead atoms. The van der Waals surface area contributed by atoms with Gasteiger partial charge in [0.1, 0.15) is 17.0 Å². The Hall–Kier alpha value is -1.93. The van der Waals surface area contributed by atoms with Crippen LogP contribution in [0.5, 0.6) is 0 Å². The van der Waals surface area contributed by atoms with Gasteiger partial charge in [-0.15, -0.1) is 11.3 Å². The highest BCUT2D eigenvalue weighted by molar-refractivity contribution is 7.14. The number of amides is 1. The van der Waals surface area contributed by atoms with E-state index < -0.39 is 18.0 Å². The third kappa shape index (κ3) is 6.19. The zero-order chi connectivity index (χ0) is 25.2. The molecule has 1 amide bonds. The zero-order valence-corrected chi connectivity index (χ0v) is 22.0. The lowest BCUT2D eigenvalue weighted by Gasteiger charge is -2.39. The number of anilines is 1. The summed E-state index contributed by atoms with van der Waals surface area (Å²) in [6, 6.07) is 1.14. The van der Waals surface area contributed by atoms with Crippen molar-refractivity contribution < 1.29 is 24.2 Å². The van der Waals surface area contributed by atoms with Crippen LogP contribution in [-0.4, -0.2) is 41.1 Å². The molecule has 2 saturated carbocycles. The Labute approximate surface area is 207 Å². The van der Waals surface area contributed by atoms with Gasteiger partial charge < -0.3 is 20.5 Å². The first-order valence-corrected chi connectivity index (χ1v) is 13.4. The number of esters is 1. The van der Waals surface area contributed by atoms with E-state index in [4.69, 9.17) is 10.5 Å². The number of hydrogen-bond acceptors (Lipinski definition) is 6. The first-order chi connectivity index (χ1) is 15.9. The average Bonchev–Trinajstić information content (AvgIpc) is 3.21. The summed E-state index contributed by atoms with van der Waals surface area (Å²) in [5.41, 5.74) is 5.95. The fourth-order valence-corrected chi connectivity index (χ4v) is 6.02. The van der Waals surface area contributed by atoms with Gasteiger partial charge in [-0.1, -0.05) is 27.7 Å². The highest BCUT2D eigenvalue weighted by Gasteiger charge is 2.38. The van der Waals surface area contributed by atoms with Gasteiger partial charge in [0.05, 0.1) is 5.69 Å². The third-order valence-electron chi connectivity index (χ3n) is 7.17.